The maximum atomic E-state index is 10.8. The third kappa shape index (κ3) is 1.54. The number of aliphatic hydroxyl groups excluding tert-OH is 2. The number of hydrogen-bond acceptors (Lipinski definition) is 3. The van der Waals surface area contributed by atoms with E-state index in [2.05, 4.69) is 0 Å². The van der Waals surface area contributed by atoms with Crippen molar-refractivity contribution in [2.75, 3.05) is 19.3 Å². The second-order valence-corrected chi connectivity index (χ2v) is 3.77. The van der Waals surface area contributed by atoms with E-state index in [0.717, 1.165) is 0 Å². The second-order valence-electron chi connectivity index (χ2n) is 2.41. The predicted octanol–water partition coefficient (Wildman–Crippen LogP) is -1.68. The molecule has 5 heteroatoms. The van der Waals surface area contributed by atoms with Gasteiger partial charge in [-0.05, 0) is 0 Å². The second kappa shape index (κ2) is 2.96. The Labute approximate surface area is 62.1 Å². The molecule has 0 radical (unpaired) electrons. The SMILES string of the molecule is CS(=O)N1CC(O)C(O)C1. The Bertz CT molecular complexity index is 142. The predicted molar refractivity (Wildman–Crippen MR) is 37.7 cm³/mol. The Morgan fingerprint density at radius 2 is 1.80 bits per heavy atom. The Hall–Kier alpha value is 0.0300. The van der Waals surface area contributed by atoms with Gasteiger partial charge in [0.15, 0.2) is 0 Å². The minimum atomic E-state index is -1.07. The van der Waals surface area contributed by atoms with Crippen LogP contribution in [0, 0.1) is 0 Å². The fourth-order valence-corrected chi connectivity index (χ4v) is 1.67. The van der Waals surface area contributed by atoms with Crippen LogP contribution in [0.4, 0.5) is 0 Å². The molecule has 0 amide bonds. The van der Waals surface area contributed by atoms with Crippen LogP contribution < -0.4 is 0 Å². The highest BCUT2D eigenvalue weighted by molar-refractivity contribution is 7.81. The zero-order valence-corrected chi connectivity index (χ0v) is 6.54. The summed E-state index contributed by atoms with van der Waals surface area (Å²) >= 11 is 0. The van der Waals surface area contributed by atoms with Crippen LogP contribution in [0.3, 0.4) is 0 Å². The largest absolute Gasteiger partial charge is 0.389 e. The van der Waals surface area contributed by atoms with Crippen LogP contribution in [-0.2, 0) is 11.0 Å². The number of nitrogens with zero attached hydrogens (tertiary/aromatic N) is 1. The highest BCUT2D eigenvalue weighted by atomic mass is 32.2. The Morgan fingerprint density at radius 3 is 2.00 bits per heavy atom. The molecule has 0 bridgehead atoms. The van der Waals surface area contributed by atoms with Gasteiger partial charge >= 0.3 is 0 Å². The lowest BCUT2D eigenvalue weighted by atomic mass is 10.3. The zero-order chi connectivity index (χ0) is 7.72. The summed E-state index contributed by atoms with van der Waals surface area (Å²) in [5.74, 6) is 0. The Morgan fingerprint density at radius 1 is 1.40 bits per heavy atom. The molecule has 1 rings (SSSR count). The van der Waals surface area contributed by atoms with E-state index < -0.39 is 23.2 Å². The summed E-state index contributed by atoms with van der Waals surface area (Å²) in [6, 6.07) is 0. The number of aliphatic hydroxyl groups is 2. The van der Waals surface area contributed by atoms with Crippen molar-refractivity contribution in [2.24, 2.45) is 0 Å². The maximum Gasteiger partial charge on any atom is 0.0948 e. The molecular weight excluding hydrogens is 154 g/mol. The fraction of sp³-hybridized carbons (Fsp3) is 1.00. The molecule has 0 saturated carbocycles. The van der Waals surface area contributed by atoms with Crippen molar-refractivity contribution in [3.63, 3.8) is 0 Å². The van der Waals surface area contributed by atoms with Gasteiger partial charge in [-0.2, -0.15) is 0 Å². The Balaban J connectivity index is 2.49. The molecule has 0 aliphatic carbocycles. The van der Waals surface area contributed by atoms with Gasteiger partial charge in [-0.15, -0.1) is 0 Å². The molecule has 3 unspecified atom stereocenters. The topological polar surface area (TPSA) is 60.8 Å². The molecule has 1 aliphatic rings. The van der Waals surface area contributed by atoms with Gasteiger partial charge in [-0.3, -0.25) is 0 Å². The number of rotatable bonds is 1. The lowest BCUT2D eigenvalue weighted by molar-refractivity contribution is 0.0572. The van der Waals surface area contributed by atoms with Crippen molar-refractivity contribution >= 4 is 11.0 Å². The summed E-state index contributed by atoms with van der Waals surface area (Å²) in [6.45, 7) is 0.620. The van der Waals surface area contributed by atoms with E-state index in [0.29, 0.717) is 13.1 Å². The molecule has 60 valence electrons. The van der Waals surface area contributed by atoms with Crippen molar-refractivity contribution < 1.29 is 14.4 Å². The number of β-amino-alcohol motifs (C(OH)–C–C–N with tert-alkyl or cyclic N) is 2. The molecule has 1 saturated heterocycles. The molecule has 2 N–H and O–H groups in total. The highest BCUT2D eigenvalue weighted by Crippen LogP contribution is 2.10. The third-order valence-corrected chi connectivity index (χ3v) is 2.61. The smallest absolute Gasteiger partial charge is 0.0948 e. The van der Waals surface area contributed by atoms with Gasteiger partial charge in [-0.1, -0.05) is 0 Å². The summed E-state index contributed by atoms with van der Waals surface area (Å²) in [5, 5.41) is 18.0. The van der Waals surface area contributed by atoms with Crippen LogP contribution in [0.15, 0.2) is 0 Å². The molecule has 3 atom stereocenters. The first-order valence-corrected chi connectivity index (χ1v) is 4.57. The van der Waals surface area contributed by atoms with E-state index in [9.17, 15) is 4.21 Å². The molecule has 0 aromatic carbocycles. The van der Waals surface area contributed by atoms with E-state index in [1.807, 2.05) is 0 Å². The summed E-state index contributed by atoms with van der Waals surface area (Å²) in [4.78, 5) is 0. The first-order chi connectivity index (χ1) is 4.61. The summed E-state index contributed by atoms with van der Waals surface area (Å²) < 4.78 is 12.3. The van der Waals surface area contributed by atoms with Gasteiger partial charge in [0.2, 0.25) is 0 Å². The molecule has 0 spiro atoms. The average molecular weight is 165 g/mol. The maximum absolute atomic E-state index is 10.8. The molecule has 0 aromatic rings. The lowest BCUT2D eigenvalue weighted by Crippen LogP contribution is -2.23. The number of hydrogen-bond donors (Lipinski definition) is 2. The molecule has 1 heterocycles. The third-order valence-electron chi connectivity index (χ3n) is 1.59. The molecule has 1 aliphatic heterocycles. The standard InChI is InChI=1S/C5H11NO3S/c1-10(9)6-2-4(7)5(8)3-6/h4-5,7-8H,2-3H2,1H3. The van der Waals surface area contributed by atoms with E-state index in [1.165, 1.54) is 10.6 Å². The van der Waals surface area contributed by atoms with Crippen molar-refractivity contribution in [3.05, 3.63) is 0 Å². The van der Waals surface area contributed by atoms with Crippen LogP contribution in [0.5, 0.6) is 0 Å². The van der Waals surface area contributed by atoms with Crippen molar-refractivity contribution in [1.82, 2.24) is 4.31 Å². The first kappa shape index (κ1) is 8.13. The zero-order valence-electron chi connectivity index (χ0n) is 5.73. The molecule has 4 nitrogen and oxygen atoms in total. The van der Waals surface area contributed by atoms with Crippen LogP contribution >= 0.6 is 0 Å². The van der Waals surface area contributed by atoms with Gasteiger partial charge in [0, 0.05) is 19.3 Å². The molecule has 10 heavy (non-hydrogen) atoms. The van der Waals surface area contributed by atoms with E-state index in [4.69, 9.17) is 10.2 Å². The summed E-state index contributed by atoms with van der Waals surface area (Å²) in [6.07, 6.45) is 0.0675. The van der Waals surface area contributed by atoms with Crippen molar-refractivity contribution in [1.29, 1.82) is 0 Å². The molecule has 1 fully saturated rings. The summed E-state index contributed by atoms with van der Waals surface area (Å²) in [5.41, 5.74) is 0. The van der Waals surface area contributed by atoms with Crippen LogP contribution in [-0.4, -0.2) is 50.3 Å². The average Bonchev–Trinajstić information content (AvgIpc) is 2.13. The lowest BCUT2D eigenvalue weighted by Gasteiger charge is -2.08. The van der Waals surface area contributed by atoms with Crippen molar-refractivity contribution in [3.8, 4) is 0 Å². The summed E-state index contributed by atoms with van der Waals surface area (Å²) in [7, 11) is -1.07. The normalized spacial score (nSPS) is 38.3. The van der Waals surface area contributed by atoms with Gasteiger partial charge < -0.3 is 10.2 Å². The fourth-order valence-electron chi connectivity index (χ4n) is 0.945. The van der Waals surface area contributed by atoms with Crippen LogP contribution in [0.25, 0.3) is 0 Å². The molecular formula is C5H11NO3S. The van der Waals surface area contributed by atoms with E-state index in [1.54, 1.807) is 0 Å². The van der Waals surface area contributed by atoms with Crippen LogP contribution in [0.2, 0.25) is 0 Å². The van der Waals surface area contributed by atoms with Crippen molar-refractivity contribution in [2.45, 2.75) is 12.2 Å². The minimum absolute atomic E-state index is 0.310. The van der Waals surface area contributed by atoms with E-state index >= 15 is 0 Å². The molecule has 0 aromatic heterocycles. The van der Waals surface area contributed by atoms with E-state index in [-0.39, 0.29) is 0 Å². The Kier molecular flexibility index (Phi) is 2.40. The monoisotopic (exact) mass is 165 g/mol. The van der Waals surface area contributed by atoms with Gasteiger partial charge in [0.1, 0.15) is 0 Å². The van der Waals surface area contributed by atoms with Gasteiger partial charge in [-0.25, -0.2) is 8.51 Å². The van der Waals surface area contributed by atoms with Crippen LogP contribution in [0.1, 0.15) is 0 Å². The van der Waals surface area contributed by atoms with Gasteiger partial charge in [0.05, 0.1) is 23.2 Å². The highest BCUT2D eigenvalue weighted by Gasteiger charge is 2.31. The first-order valence-electron chi connectivity index (χ1n) is 3.06. The van der Waals surface area contributed by atoms with Gasteiger partial charge in [0.25, 0.3) is 0 Å². The quantitative estimate of drug-likeness (QED) is 0.488. The minimum Gasteiger partial charge on any atom is -0.389 e.